The highest BCUT2D eigenvalue weighted by Gasteiger charge is 2.15. The van der Waals surface area contributed by atoms with Crippen LogP contribution in [0.1, 0.15) is 35.3 Å². The largest absolute Gasteiger partial charge is 0.294 e. The Morgan fingerprint density at radius 2 is 2.21 bits per heavy atom. The summed E-state index contributed by atoms with van der Waals surface area (Å²) < 4.78 is 13.3. The van der Waals surface area contributed by atoms with Crippen LogP contribution in [-0.2, 0) is 6.42 Å². The van der Waals surface area contributed by atoms with Crippen LogP contribution in [0.2, 0.25) is 0 Å². The molecule has 0 bridgehead atoms. The summed E-state index contributed by atoms with van der Waals surface area (Å²) in [5.74, 6) is -0.686. The van der Waals surface area contributed by atoms with Crippen LogP contribution in [0, 0.1) is 17.1 Å². The maximum absolute atomic E-state index is 13.3. The number of halogens is 1. The number of Topliss-reactive ketones (excluding diaryl/α,β-unsaturated/α-hetero) is 1. The lowest BCUT2D eigenvalue weighted by molar-refractivity contribution is 0.101. The Bertz CT molecular complexity index is 418. The maximum atomic E-state index is 13.3. The van der Waals surface area contributed by atoms with E-state index in [2.05, 4.69) is 0 Å². The first kappa shape index (κ1) is 10.4. The normalized spacial score (nSPS) is 9.57. The number of nitrogens with zero attached hydrogens (tertiary/aromatic N) is 1. The fourth-order valence-electron chi connectivity index (χ4n) is 1.46. The second kappa shape index (κ2) is 4.01. The number of carbonyl (C=O) groups is 1. The van der Waals surface area contributed by atoms with Crippen LogP contribution in [0.25, 0.3) is 0 Å². The Balaban J connectivity index is 3.54. The molecule has 0 unspecified atom stereocenters. The summed E-state index contributed by atoms with van der Waals surface area (Å²) in [5, 5.41) is 8.75. The molecule has 0 aliphatic heterocycles. The number of hydrogen-bond acceptors (Lipinski definition) is 2. The van der Waals surface area contributed by atoms with Gasteiger partial charge in [-0.05, 0) is 31.0 Å². The minimum absolute atomic E-state index is 0.218. The number of ketones is 1. The molecular weight excluding hydrogens is 181 g/mol. The second-order valence-corrected chi connectivity index (χ2v) is 2.97. The van der Waals surface area contributed by atoms with Gasteiger partial charge in [0, 0.05) is 5.56 Å². The van der Waals surface area contributed by atoms with Gasteiger partial charge in [0.2, 0.25) is 0 Å². The first-order valence-electron chi connectivity index (χ1n) is 4.34. The van der Waals surface area contributed by atoms with Gasteiger partial charge in [-0.25, -0.2) is 4.39 Å². The highest BCUT2D eigenvalue weighted by molar-refractivity contribution is 5.98. The molecule has 2 nitrogen and oxygen atoms in total. The molecule has 0 heterocycles. The molecule has 3 heteroatoms. The zero-order chi connectivity index (χ0) is 10.7. The number of rotatable bonds is 2. The fraction of sp³-hybridized carbons (Fsp3) is 0.273. The SMILES string of the molecule is CCc1c(F)ccc(C#N)c1C(C)=O. The lowest BCUT2D eigenvalue weighted by Crippen LogP contribution is -2.05. The van der Waals surface area contributed by atoms with Gasteiger partial charge in [-0.1, -0.05) is 6.92 Å². The Morgan fingerprint density at radius 3 is 2.64 bits per heavy atom. The van der Waals surface area contributed by atoms with Crippen LogP contribution in [0.15, 0.2) is 12.1 Å². The molecule has 0 aromatic heterocycles. The molecule has 14 heavy (non-hydrogen) atoms. The van der Waals surface area contributed by atoms with Crippen molar-refractivity contribution in [2.24, 2.45) is 0 Å². The molecule has 0 saturated carbocycles. The van der Waals surface area contributed by atoms with Crippen molar-refractivity contribution in [2.75, 3.05) is 0 Å². The van der Waals surface area contributed by atoms with Gasteiger partial charge in [-0.15, -0.1) is 0 Å². The Hall–Kier alpha value is -1.69. The third-order valence-electron chi connectivity index (χ3n) is 2.08. The van der Waals surface area contributed by atoms with Gasteiger partial charge >= 0.3 is 0 Å². The van der Waals surface area contributed by atoms with E-state index in [0.29, 0.717) is 12.0 Å². The van der Waals surface area contributed by atoms with Gasteiger partial charge < -0.3 is 0 Å². The number of nitriles is 1. The van der Waals surface area contributed by atoms with Crippen LogP contribution >= 0.6 is 0 Å². The van der Waals surface area contributed by atoms with Crippen molar-refractivity contribution >= 4 is 5.78 Å². The van der Waals surface area contributed by atoms with Crippen molar-refractivity contribution in [3.05, 3.63) is 34.6 Å². The lowest BCUT2D eigenvalue weighted by atomic mass is 9.96. The molecule has 0 N–H and O–H groups in total. The van der Waals surface area contributed by atoms with E-state index in [1.807, 2.05) is 6.07 Å². The molecule has 0 aliphatic rings. The molecule has 0 fully saturated rings. The van der Waals surface area contributed by atoms with Crippen molar-refractivity contribution in [3.8, 4) is 6.07 Å². The summed E-state index contributed by atoms with van der Waals surface area (Å²) in [6, 6.07) is 4.46. The zero-order valence-electron chi connectivity index (χ0n) is 8.10. The van der Waals surface area contributed by atoms with Crippen LogP contribution in [0.5, 0.6) is 0 Å². The van der Waals surface area contributed by atoms with E-state index >= 15 is 0 Å². The molecule has 1 aromatic carbocycles. The van der Waals surface area contributed by atoms with E-state index < -0.39 is 5.82 Å². The van der Waals surface area contributed by atoms with Crippen LogP contribution < -0.4 is 0 Å². The third kappa shape index (κ3) is 1.64. The minimum atomic E-state index is -0.420. The van der Waals surface area contributed by atoms with Crippen molar-refractivity contribution in [3.63, 3.8) is 0 Å². The smallest absolute Gasteiger partial charge is 0.161 e. The summed E-state index contributed by atoms with van der Waals surface area (Å²) in [4.78, 5) is 11.2. The van der Waals surface area contributed by atoms with E-state index in [-0.39, 0.29) is 16.9 Å². The molecule has 72 valence electrons. The number of hydrogen-bond donors (Lipinski definition) is 0. The van der Waals surface area contributed by atoms with E-state index in [4.69, 9.17) is 5.26 Å². The molecular formula is C11H10FNO. The van der Waals surface area contributed by atoms with Crippen LogP contribution in [0.4, 0.5) is 4.39 Å². The highest BCUT2D eigenvalue weighted by Crippen LogP contribution is 2.19. The molecule has 1 rings (SSSR count). The summed E-state index contributed by atoms with van der Waals surface area (Å²) in [6.45, 7) is 3.10. The van der Waals surface area contributed by atoms with Gasteiger partial charge in [-0.2, -0.15) is 5.26 Å². The van der Waals surface area contributed by atoms with Crippen molar-refractivity contribution in [1.82, 2.24) is 0 Å². The summed E-state index contributed by atoms with van der Waals surface area (Å²) in [5.41, 5.74) is 0.794. The first-order valence-corrected chi connectivity index (χ1v) is 4.34. The molecule has 0 radical (unpaired) electrons. The summed E-state index contributed by atoms with van der Waals surface area (Å²) in [7, 11) is 0. The van der Waals surface area contributed by atoms with Gasteiger partial charge in [0.05, 0.1) is 11.6 Å². The monoisotopic (exact) mass is 191 g/mol. The van der Waals surface area contributed by atoms with Crippen molar-refractivity contribution < 1.29 is 9.18 Å². The highest BCUT2D eigenvalue weighted by atomic mass is 19.1. The first-order chi connectivity index (χ1) is 6.61. The third-order valence-corrected chi connectivity index (χ3v) is 2.08. The number of carbonyl (C=O) groups excluding carboxylic acids is 1. The van der Waals surface area contributed by atoms with Gasteiger partial charge in [0.25, 0.3) is 0 Å². The predicted molar refractivity (Wildman–Crippen MR) is 50.5 cm³/mol. The Labute approximate surface area is 82.0 Å². The van der Waals surface area contributed by atoms with Gasteiger partial charge in [0.15, 0.2) is 5.78 Å². The van der Waals surface area contributed by atoms with Gasteiger partial charge in [0.1, 0.15) is 5.82 Å². The fourth-order valence-corrected chi connectivity index (χ4v) is 1.46. The molecule has 0 saturated heterocycles. The quantitative estimate of drug-likeness (QED) is 0.674. The van der Waals surface area contributed by atoms with E-state index in [1.54, 1.807) is 6.92 Å². The van der Waals surface area contributed by atoms with Gasteiger partial charge in [-0.3, -0.25) is 4.79 Å². The zero-order valence-corrected chi connectivity index (χ0v) is 8.10. The molecule has 0 aliphatic carbocycles. The second-order valence-electron chi connectivity index (χ2n) is 2.97. The summed E-state index contributed by atoms with van der Waals surface area (Å²) >= 11 is 0. The molecule has 0 atom stereocenters. The topological polar surface area (TPSA) is 40.9 Å². The standard InChI is InChI=1S/C11H10FNO/c1-3-9-10(12)5-4-8(6-13)11(9)7(2)14/h4-5H,3H2,1-2H3. The maximum Gasteiger partial charge on any atom is 0.161 e. The Kier molecular flexibility index (Phi) is 2.98. The average molecular weight is 191 g/mol. The van der Waals surface area contributed by atoms with E-state index in [1.165, 1.54) is 19.1 Å². The average Bonchev–Trinajstić information content (AvgIpc) is 2.17. The minimum Gasteiger partial charge on any atom is -0.294 e. The lowest BCUT2D eigenvalue weighted by Gasteiger charge is -2.07. The van der Waals surface area contributed by atoms with Crippen molar-refractivity contribution in [1.29, 1.82) is 5.26 Å². The van der Waals surface area contributed by atoms with Crippen molar-refractivity contribution in [2.45, 2.75) is 20.3 Å². The van der Waals surface area contributed by atoms with Crippen LogP contribution in [0.3, 0.4) is 0 Å². The number of benzene rings is 1. The van der Waals surface area contributed by atoms with E-state index in [0.717, 1.165) is 0 Å². The van der Waals surface area contributed by atoms with Crippen LogP contribution in [-0.4, -0.2) is 5.78 Å². The molecule has 0 spiro atoms. The van der Waals surface area contributed by atoms with E-state index in [9.17, 15) is 9.18 Å². The predicted octanol–water partition coefficient (Wildman–Crippen LogP) is 2.46. The Morgan fingerprint density at radius 1 is 1.57 bits per heavy atom. The summed E-state index contributed by atoms with van der Waals surface area (Å²) in [6.07, 6.45) is 0.413. The molecule has 1 aromatic rings. The molecule has 0 amide bonds.